The second-order valence-electron chi connectivity index (χ2n) is 4.73. The Morgan fingerprint density at radius 3 is 2.40 bits per heavy atom. The van der Waals surface area contributed by atoms with Gasteiger partial charge in [-0.2, -0.15) is 0 Å². The summed E-state index contributed by atoms with van der Waals surface area (Å²) in [6.07, 6.45) is 2.41. The minimum atomic E-state index is -0.181. The number of cyclic esters (lactones) is 1. The van der Waals surface area contributed by atoms with Crippen LogP contribution in [0.5, 0.6) is 0 Å². The lowest BCUT2D eigenvalue weighted by atomic mass is 9.92. The van der Waals surface area contributed by atoms with Crippen LogP contribution in [0.25, 0.3) is 5.76 Å². The molecule has 0 saturated carbocycles. The molecule has 20 heavy (non-hydrogen) atoms. The van der Waals surface area contributed by atoms with E-state index < -0.39 is 0 Å². The molecule has 0 radical (unpaired) electrons. The van der Waals surface area contributed by atoms with Gasteiger partial charge in [0, 0.05) is 16.0 Å². The third-order valence-corrected chi connectivity index (χ3v) is 3.85. The van der Waals surface area contributed by atoms with Gasteiger partial charge in [0.1, 0.15) is 5.76 Å². The summed E-state index contributed by atoms with van der Waals surface area (Å²) in [6, 6.07) is 17.8. The predicted octanol–water partition coefficient (Wildman–Crippen LogP) is 4.52. The van der Waals surface area contributed by atoms with Gasteiger partial charge < -0.3 is 4.74 Å². The number of hydrogen-bond acceptors (Lipinski definition) is 2. The summed E-state index contributed by atoms with van der Waals surface area (Å²) in [7, 11) is 0. The Labute approximate surface area is 126 Å². The highest BCUT2D eigenvalue weighted by atomic mass is 79.9. The number of rotatable bonds is 2. The molecule has 0 N–H and O–H groups in total. The quantitative estimate of drug-likeness (QED) is 0.757. The summed E-state index contributed by atoms with van der Waals surface area (Å²) in [4.78, 5) is 11.8. The normalized spacial score (nSPS) is 18.4. The molecule has 1 aliphatic rings. The van der Waals surface area contributed by atoms with E-state index in [1.54, 1.807) is 0 Å². The molecule has 1 heterocycles. The maximum atomic E-state index is 11.8. The summed E-state index contributed by atoms with van der Waals surface area (Å²) in [6.45, 7) is 0. The minimum Gasteiger partial charge on any atom is -0.426 e. The first-order chi connectivity index (χ1) is 9.72. The minimum absolute atomic E-state index is 0.0690. The first kappa shape index (κ1) is 13.1. The van der Waals surface area contributed by atoms with Gasteiger partial charge in [-0.05, 0) is 23.8 Å². The summed E-state index contributed by atoms with van der Waals surface area (Å²) in [5.74, 6) is 0.536. The van der Waals surface area contributed by atoms with Crippen molar-refractivity contribution in [1.82, 2.24) is 0 Å². The van der Waals surface area contributed by atoms with Crippen LogP contribution in [0.4, 0.5) is 0 Å². The Bertz CT molecular complexity index is 644. The Balaban J connectivity index is 1.95. The number of carbonyl (C=O) groups is 1. The highest BCUT2D eigenvalue weighted by Gasteiger charge is 2.23. The van der Waals surface area contributed by atoms with Gasteiger partial charge in [-0.3, -0.25) is 4.79 Å². The van der Waals surface area contributed by atoms with Gasteiger partial charge >= 0.3 is 5.97 Å². The SMILES string of the molecule is O=C1CC(c2ccc(Br)cc2)C=C(c2ccccc2)O1. The van der Waals surface area contributed by atoms with E-state index in [1.807, 2.05) is 60.7 Å². The van der Waals surface area contributed by atoms with Gasteiger partial charge in [0.25, 0.3) is 0 Å². The number of halogens is 1. The van der Waals surface area contributed by atoms with Crippen LogP contribution in [0.2, 0.25) is 0 Å². The van der Waals surface area contributed by atoms with E-state index in [1.165, 1.54) is 0 Å². The molecule has 3 heteroatoms. The van der Waals surface area contributed by atoms with Crippen molar-refractivity contribution in [2.75, 3.05) is 0 Å². The number of ether oxygens (including phenoxy) is 1. The Morgan fingerprint density at radius 2 is 1.70 bits per heavy atom. The van der Waals surface area contributed by atoms with Crippen molar-refractivity contribution in [3.05, 3.63) is 76.3 Å². The van der Waals surface area contributed by atoms with Crippen LogP contribution in [0.3, 0.4) is 0 Å². The van der Waals surface area contributed by atoms with Gasteiger partial charge in [0.15, 0.2) is 0 Å². The molecule has 1 aliphatic heterocycles. The second kappa shape index (κ2) is 5.63. The molecule has 0 saturated heterocycles. The van der Waals surface area contributed by atoms with Crippen LogP contribution in [0, 0.1) is 0 Å². The van der Waals surface area contributed by atoms with Gasteiger partial charge in [-0.25, -0.2) is 0 Å². The third kappa shape index (κ3) is 2.83. The van der Waals surface area contributed by atoms with Crippen molar-refractivity contribution < 1.29 is 9.53 Å². The fourth-order valence-electron chi connectivity index (χ4n) is 2.30. The lowest BCUT2D eigenvalue weighted by Crippen LogP contribution is -2.15. The molecule has 0 aliphatic carbocycles. The van der Waals surface area contributed by atoms with Gasteiger partial charge in [0.2, 0.25) is 0 Å². The molecule has 0 amide bonds. The zero-order valence-electron chi connectivity index (χ0n) is 10.8. The maximum Gasteiger partial charge on any atom is 0.312 e. The average molecular weight is 329 g/mol. The van der Waals surface area contributed by atoms with E-state index in [0.717, 1.165) is 15.6 Å². The van der Waals surface area contributed by atoms with Gasteiger partial charge in [-0.1, -0.05) is 58.4 Å². The number of esters is 1. The fourth-order valence-corrected chi connectivity index (χ4v) is 2.57. The first-order valence-corrected chi connectivity index (χ1v) is 7.25. The molecule has 2 aromatic rings. The van der Waals surface area contributed by atoms with Crippen LogP contribution in [-0.4, -0.2) is 5.97 Å². The summed E-state index contributed by atoms with van der Waals surface area (Å²) in [5, 5.41) is 0. The molecule has 0 bridgehead atoms. The van der Waals surface area contributed by atoms with Crippen LogP contribution >= 0.6 is 15.9 Å². The smallest absolute Gasteiger partial charge is 0.312 e. The molecular weight excluding hydrogens is 316 g/mol. The molecule has 2 aromatic carbocycles. The molecule has 0 aromatic heterocycles. The molecule has 100 valence electrons. The Kier molecular flexibility index (Phi) is 3.70. The number of benzene rings is 2. The van der Waals surface area contributed by atoms with Crippen molar-refractivity contribution >= 4 is 27.7 Å². The van der Waals surface area contributed by atoms with Gasteiger partial charge in [0.05, 0.1) is 6.42 Å². The Hall–Kier alpha value is -1.87. The van der Waals surface area contributed by atoms with E-state index in [0.29, 0.717) is 12.2 Å². The standard InChI is InChI=1S/C17H13BrO2/c18-15-8-6-12(7-9-15)14-10-16(20-17(19)11-14)13-4-2-1-3-5-13/h1-10,14H,11H2. The van der Waals surface area contributed by atoms with Crippen LogP contribution in [0.15, 0.2) is 65.1 Å². The van der Waals surface area contributed by atoms with Crippen molar-refractivity contribution in [2.24, 2.45) is 0 Å². The predicted molar refractivity (Wildman–Crippen MR) is 82.0 cm³/mol. The zero-order valence-corrected chi connectivity index (χ0v) is 12.3. The molecule has 0 spiro atoms. The fraction of sp³-hybridized carbons (Fsp3) is 0.118. The lowest BCUT2D eigenvalue weighted by Gasteiger charge is -2.21. The third-order valence-electron chi connectivity index (χ3n) is 3.32. The van der Waals surface area contributed by atoms with E-state index in [4.69, 9.17) is 4.74 Å². The molecule has 2 nitrogen and oxygen atoms in total. The summed E-state index contributed by atoms with van der Waals surface area (Å²) in [5.41, 5.74) is 2.06. The molecule has 0 fully saturated rings. The van der Waals surface area contributed by atoms with Crippen LogP contribution in [0.1, 0.15) is 23.5 Å². The lowest BCUT2D eigenvalue weighted by molar-refractivity contribution is -0.137. The van der Waals surface area contributed by atoms with Gasteiger partial charge in [-0.15, -0.1) is 0 Å². The molecule has 1 atom stereocenters. The van der Waals surface area contributed by atoms with E-state index in [9.17, 15) is 4.79 Å². The average Bonchev–Trinajstić information content (AvgIpc) is 2.48. The number of hydrogen-bond donors (Lipinski definition) is 0. The van der Waals surface area contributed by atoms with E-state index in [2.05, 4.69) is 15.9 Å². The highest BCUT2D eigenvalue weighted by molar-refractivity contribution is 9.10. The van der Waals surface area contributed by atoms with Crippen molar-refractivity contribution in [2.45, 2.75) is 12.3 Å². The number of allylic oxidation sites excluding steroid dienone is 1. The Morgan fingerprint density at radius 1 is 1.00 bits per heavy atom. The van der Waals surface area contributed by atoms with Crippen LogP contribution < -0.4 is 0 Å². The van der Waals surface area contributed by atoms with Crippen LogP contribution in [-0.2, 0) is 9.53 Å². The van der Waals surface area contributed by atoms with Crippen molar-refractivity contribution in [3.8, 4) is 0 Å². The maximum absolute atomic E-state index is 11.8. The van der Waals surface area contributed by atoms with E-state index >= 15 is 0 Å². The second-order valence-corrected chi connectivity index (χ2v) is 5.65. The van der Waals surface area contributed by atoms with Crippen molar-refractivity contribution in [3.63, 3.8) is 0 Å². The molecule has 1 unspecified atom stereocenters. The molecule has 3 rings (SSSR count). The largest absolute Gasteiger partial charge is 0.426 e. The topological polar surface area (TPSA) is 26.3 Å². The van der Waals surface area contributed by atoms with Crippen molar-refractivity contribution in [1.29, 1.82) is 0 Å². The zero-order chi connectivity index (χ0) is 13.9. The van der Waals surface area contributed by atoms with E-state index in [-0.39, 0.29) is 11.9 Å². The summed E-state index contributed by atoms with van der Waals surface area (Å²) >= 11 is 3.42. The monoisotopic (exact) mass is 328 g/mol. The highest BCUT2D eigenvalue weighted by Crippen LogP contribution is 2.32. The molecular formula is C17H13BrO2. The first-order valence-electron chi connectivity index (χ1n) is 6.46. The summed E-state index contributed by atoms with van der Waals surface area (Å²) < 4.78 is 6.39. The number of carbonyl (C=O) groups excluding carboxylic acids is 1.